The molecular formula is C29H40N10O2. The Kier molecular flexibility index (Phi) is 11.6. The van der Waals surface area contributed by atoms with Crippen LogP contribution in [0.3, 0.4) is 0 Å². The van der Waals surface area contributed by atoms with Crippen LogP contribution in [0, 0.1) is 18.8 Å². The largest absolute Gasteiger partial charge is 0.369 e. The van der Waals surface area contributed by atoms with Crippen molar-refractivity contribution in [3.63, 3.8) is 0 Å². The van der Waals surface area contributed by atoms with E-state index in [4.69, 9.17) is 0 Å². The molecular weight excluding hydrogens is 520 g/mol. The van der Waals surface area contributed by atoms with Gasteiger partial charge in [-0.05, 0) is 46.9 Å². The van der Waals surface area contributed by atoms with E-state index in [1.165, 1.54) is 11.0 Å². The lowest BCUT2D eigenvalue weighted by Gasteiger charge is -2.23. The molecule has 0 fully saturated rings. The highest BCUT2D eigenvalue weighted by molar-refractivity contribution is 5.92. The van der Waals surface area contributed by atoms with E-state index in [1.807, 2.05) is 32.0 Å². The van der Waals surface area contributed by atoms with Gasteiger partial charge >= 0.3 is 0 Å². The number of aromatic nitrogens is 5. The number of carbonyl (C=O) groups is 2. The summed E-state index contributed by atoms with van der Waals surface area (Å²) in [5.74, 6) is 6.98. The highest BCUT2D eigenvalue weighted by atomic mass is 16.2. The minimum Gasteiger partial charge on any atom is -0.369 e. The Morgan fingerprint density at radius 3 is 2.73 bits per heavy atom. The van der Waals surface area contributed by atoms with Gasteiger partial charge in [0.2, 0.25) is 17.8 Å². The van der Waals surface area contributed by atoms with Gasteiger partial charge in [-0.3, -0.25) is 14.7 Å². The number of aryl methyl sites for hydroxylation is 1. The number of rotatable bonds is 13. The molecule has 3 aromatic heterocycles. The summed E-state index contributed by atoms with van der Waals surface area (Å²) < 4.78 is 0. The van der Waals surface area contributed by atoms with Crippen LogP contribution in [-0.4, -0.2) is 93.6 Å². The number of pyridine rings is 1. The Hall–Kier alpha value is -4.50. The minimum atomic E-state index is -0.574. The van der Waals surface area contributed by atoms with E-state index in [9.17, 15) is 9.59 Å². The van der Waals surface area contributed by atoms with Crippen LogP contribution in [-0.2, 0) is 9.59 Å². The van der Waals surface area contributed by atoms with Gasteiger partial charge in [0.1, 0.15) is 11.9 Å². The monoisotopic (exact) mass is 560 g/mol. The Morgan fingerprint density at radius 1 is 1.17 bits per heavy atom. The topological polar surface area (TPSA) is 144 Å². The SMILES string of the molecule is CCCNc1nc(Nc2cnc3n[nH]c(C)c3c2)ncc1C#CCCCNC(=O)C(C)N(C)C(=O)C=CCN(C)C. The molecule has 0 radical (unpaired) electrons. The highest BCUT2D eigenvalue weighted by Gasteiger charge is 2.20. The van der Waals surface area contributed by atoms with Crippen LogP contribution < -0.4 is 16.0 Å². The maximum atomic E-state index is 12.5. The Labute approximate surface area is 241 Å². The molecule has 1 atom stereocenters. The number of nitrogens with zero attached hydrogens (tertiary/aromatic N) is 6. The van der Waals surface area contributed by atoms with Crippen molar-refractivity contribution in [1.82, 2.24) is 40.3 Å². The van der Waals surface area contributed by atoms with Crippen molar-refractivity contribution >= 4 is 40.3 Å². The van der Waals surface area contributed by atoms with Gasteiger partial charge in [0.15, 0.2) is 5.65 Å². The molecule has 12 heteroatoms. The van der Waals surface area contributed by atoms with Gasteiger partial charge in [0.05, 0.1) is 23.6 Å². The summed E-state index contributed by atoms with van der Waals surface area (Å²) in [6.07, 6.45) is 8.85. The maximum absolute atomic E-state index is 12.5. The molecule has 4 N–H and O–H groups in total. The summed E-state index contributed by atoms with van der Waals surface area (Å²) in [6, 6.07) is 1.38. The molecule has 0 saturated carbocycles. The van der Waals surface area contributed by atoms with E-state index in [0.717, 1.165) is 29.7 Å². The second-order valence-electron chi connectivity index (χ2n) is 9.94. The third kappa shape index (κ3) is 9.29. The lowest BCUT2D eigenvalue weighted by molar-refractivity contribution is -0.135. The number of likely N-dealkylation sites (N-methyl/N-ethyl adjacent to an activating group) is 2. The average molecular weight is 561 g/mol. The number of hydrogen-bond donors (Lipinski definition) is 4. The molecule has 0 saturated heterocycles. The summed E-state index contributed by atoms with van der Waals surface area (Å²) in [4.78, 5) is 41.6. The van der Waals surface area contributed by atoms with Gasteiger partial charge in [0, 0.05) is 50.3 Å². The van der Waals surface area contributed by atoms with Gasteiger partial charge in [0.25, 0.3) is 0 Å². The summed E-state index contributed by atoms with van der Waals surface area (Å²) in [7, 11) is 5.47. The second kappa shape index (κ2) is 15.3. The van der Waals surface area contributed by atoms with Crippen LogP contribution in [0.1, 0.15) is 44.4 Å². The molecule has 1 unspecified atom stereocenters. The molecule has 0 spiro atoms. The molecule has 3 heterocycles. The quantitative estimate of drug-likeness (QED) is 0.141. The van der Waals surface area contributed by atoms with Crippen molar-refractivity contribution in [1.29, 1.82) is 0 Å². The fourth-order valence-corrected chi connectivity index (χ4v) is 3.67. The van der Waals surface area contributed by atoms with Crippen molar-refractivity contribution < 1.29 is 9.59 Å². The van der Waals surface area contributed by atoms with Crippen molar-refractivity contribution in [3.8, 4) is 11.8 Å². The van der Waals surface area contributed by atoms with E-state index < -0.39 is 6.04 Å². The third-order valence-electron chi connectivity index (χ3n) is 6.23. The fraction of sp³-hybridized carbons (Fsp3) is 0.448. The number of hydrogen-bond acceptors (Lipinski definition) is 9. The Bertz CT molecular complexity index is 1420. The van der Waals surface area contributed by atoms with Crippen molar-refractivity contribution in [2.75, 3.05) is 51.4 Å². The number of H-pyrrole nitrogens is 1. The molecule has 3 aromatic rings. The van der Waals surface area contributed by atoms with E-state index in [0.29, 0.717) is 48.9 Å². The zero-order chi connectivity index (χ0) is 29.8. The average Bonchev–Trinajstić information content (AvgIpc) is 3.32. The van der Waals surface area contributed by atoms with Crippen LogP contribution >= 0.6 is 0 Å². The zero-order valence-electron chi connectivity index (χ0n) is 24.7. The van der Waals surface area contributed by atoms with Crippen LogP contribution in [0.15, 0.2) is 30.6 Å². The van der Waals surface area contributed by atoms with Gasteiger partial charge in [-0.1, -0.05) is 24.8 Å². The second-order valence-corrected chi connectivity index (χ2v) is 9.94. The number of aromatic amines is 1. The maximum Gasteiger partial charge on any atom is 0.246 e. The Morgan fingerprint density at radius 2 is 1.98 bits per heavy atom. The van der Waals surface area contributed by atoms with E-state index in [-0.39, 0.29) is 11.8 Å². The van der Waals surface area contributed by atoms with E-state index >= 15 is 0 Å². The molecule has 0 aromatic carbocycles. The summed E-state index contributed by atoms with van der Waals surface area (Å²) >= 11 is 0. The molecule has 0 aliphatic heterocycles. The molecule has 12 nitrogen and oxygen atoms in total. The van der Waals surface area contributed by atoms with E-state index in [2.05, 4.69) is 59.9 Å². The zero-order valence-corrected chi connectivity index (χ0v) is 24.7. The number of unbranched alkanes of at least 4 members (excludes halogenated alkanes) is 1. The number of fused-ring (bicyclic) bond motifs is 1. The highest BCUT2D eigenvalue weighted by Crippen LogP contribution is 2.21. The first kappa shape index (κ1) is 31.0. The number of carbonyl (C=O) groups excluding carboxylic acids is 2. The van der Waals surface area contributed by atoms with Crippen LogP contribution in [0.25, 0.3) is 11.0 Å². The van der Waals surface area contributed by atoms with Gasteiger partial charge < -0.3 is 25.8 Å². The van der Waals surface area contributed by atoms with Gasteiger partial charge in [-0.15, -0.1) is 0 Å². The van der Waals surface area contributed by atoms with Crippen molar-refractivity contribution in [2.45, 2.75) is 46.1 Å². The lowest BCUT2D eigenvalue weighted by Crippen LogP contribution is -2.45. The normalized spacial score (nSPS) is 11.8. The smallest absolute Gasteiger partial charge is 0.246 e. The molecule has 0 bridgehead atoms. The fourth-order valence-electron chi connectivity index (χ4n) is 3.67. The first-order valence-electron chi connectivity index (χ1n) is 13.7. The van der Waals surface area contributed by atoms with Crippen molar-refractivity contribution in [3.05, 3.63) is 41.9 Å². The third-order valence-corrected chi connectivity index (χ3v) is 6.23. The molecule has 0 aliphatic carbocycles. The molecule has 218 valence electrons. The lowest BCUT2D eigenvalue weighted by atomic mass is 10.2. The van der Waals surface area contributed by atoms with Crippen LogP contribution in [0.4, 0.5) is 17.5 Å². The number of amides is 2. The summed E-state index contributed by atoms with van der Waals surface area (Å²) in [5, 5.41) is 17.4. The van der Waals surface area contributed by atoms with E-state index in [1.54, 1.807) is 32.4 Å². The number of anilines is 3. The predicted molar refractivity (Wildman–Crippen MR) is 162 cm³/mol. The first-order valence-corrected chi connectivity index (χ1v) is 13.7. The first-order chi connectivity index (χ1) is 19.7. The van der Waals surface area contributed by atoms with Gasteiger partial charge in [-0.25, -0.2) is 9.97 Å². The van der Waals surface area contributed by atoms with Gasteiger partial charge in [-0.2, -0.15) is 10.1 Å². The minimum absolute atomic E-state index is 0.199. The molecule has 3 rings (SSSR count). The Balaban J connectivity index is 1.52. The van der Waals surface area contributed by atoms with Crippen molar-refractivity contribution in [2.24, 2.45) is 0 Å². The molecule has 2 amide bonds. The predicted octanol–water partition coefficient (Wildman–Crippen LogP) is 2.83. The van der Waals surface area contributed by atoms with Crippen LogP contribution in [0.5, 0.6) is 0 Å². The van der Waals surface area contributed by atoms with Crippen LogP contribution in [0.2, 0.25) is 0 Å². The standard InChI is InChI=1S/C29H40N10O2/c1-7-14-30-26-22(18-33-29(35-26)34-23-17-24-20(2)36-37-27(24)32-19-23)12-9-8-10-15-31-28(41)21(3)39(6)25(40)13-11-16-38(4)5/h11,13,17-19,21H,7-8,10,14-16H2,1-6H3,(H,31,41)(H,32,36,37)(H2,30,33,34,35). The summed E-state index contributed by atoms with van der Waals surface area (Å²) in [5.41, 5.74) is 3.05. The molecule has 41 heavy (non-hydrogen) atoms. The molecule has 0 aliphatic rings. The summed E-state index contributed by atoms with van der Waals surface area (Å²) in [6.45, 7) is 7.61. The number of nitrogens with one attached hydrogen (secondary N) is 4.